The Labute approximate surface area is 121 Å². The zero-order valence-electron chi connectivity index (χ0n) is 11.1. The number of carbonyl (C=O) groups is 1. The van der Waals surface area contributed by atoms with Crippen molar-refractivity contribution >= 4 is 28.9 Å². The van der Waals surface area contributed by atoms with Crippen LogP contribution >= 0.6 is 11.6 Å². The van der Waals surface area contributed by atoms with Gasteiger partial charge in [0.15, 0.2) is 5.82 Å². The third-order valence-corrected chi connectivity index (χ3v) is 3.18. The zero-order chi connectivity index (χ0) is 14.7. The summed E-state index contributed by atoms with van der Waals surface area (Å²) in [5.74, 6) is -1.03. The van der Waals surface area contributed by atoms with Crippen LogP contribution in [0, 0.1) is 12.7 Å². The molecule has 0 radical (unpaired) electrons. The molecule has 2 aromatic carbocycles. The van der Waals surface area contributed by atoms with E-state index < -0.39 is 5.82 Å². The first kappa shape index (κ1) is 14.3. The number of rotatable bonds is 3. The van der Waals surface area contributed by atoms with Crippen molar-refractivity contribution in [2.45, 2.75) is 6.92 Å². The molecule has 0 bridgehead atoms. The van der Waals surface area contributed by atoms with Gasteiger partial charge in [0.1, 0.15) is 0 Å². The van der Waals surface area contributed by atoms with Crippen LogP contribution in [0.3, 0.4) is 0 Å². The van der Waals surface area contributed by atoms with Gasteiger partial charge in [0.2, 0.25) is 0 Å². The Morgan fingerprint density at radius 2 is 1.95 bits per heavy atom. The number of anilines is 2. The van der Waals surface area contributed by atoms with Gasteiger partial charge in [-0.05, 0) is 31.2 Å². The summed E-state index contributed by atoms with van der Waals surface area (Å²) in [5.41, 5.74) is 2.13. The highest BCUT2D eigenvalue weighted by molar-refractivity contribution is 6.31. The minimum absolute atomic E-state index is 0.0270. The third kappa shape index (κ3) is 2.91. The molecule has 0 unspecified atom stereocenters. The molecule has 0 fully saturated rings. The highest BCUT2D eigenvalue weighted by Gasteiger charge is 2.14. The molecule has 0 atom stereocenters. The fourth-order valence-corrected chi connectivity index (χ4v) is 2.03. The number of nitrogens with one attached hydrogen (secondary N) is 2. The van der Waals surface area contributed by atoms with Crippen molar-refractivity contribution in [1.29, 1.82) is 0 Å². The Bertz CT molecular complexity index is 658. The zero-order valence-corrected chi connectivity index (χ0v) is 11.9. The molecule has 104 valence electrons. The first-order chi connectivity index (χ1) is 9.52. The van der Waals surface area contributed by atoms with E-state index in [1.807, 2.05) is 13.0 Å². The van der Waals surface area contributed by atoms with E-state index in [1.54, 1.807) is 25.2 Å². The molecule has 1 amide bonds. The maximum Gasteiger partial charge on any atom is 0.257 e. The van der Waals surface area contributed by atoms with Gasteiger partial charge in [0.25, 0.3) is 5.91 Å². The monoisotopic (exact) mass is 292 g/mol. The number of aryl methyl sites for hydroxylation is 1. The Morgan fingerprint density at radius 3 is 2.65 bits per heavy atom. The molecule has 0 saturated heterocycles. The number of carbonyl (C=O) groups excluding carboxylic acids is 1. The normalized spacial score (nSPS) is 10.2. The van der Waals surface area contributed by atoms with Crippen LogP contribution in [0.1, 0.15) is 15.9 Å². The number of hydrogen-bond acceptors (Lipinski definition) is 2. The second kappa shape index (κ2) is 5.92. The van der Waals surface area contributed by atoms with E-state index in [4.69, 9.17) is 11.6 Å². The van der Waals surface area contributed by atoms with Crippen molar-refractivity contribution in [3.05, 3.63) is 58.4 Å². The number of benzene rings is 2. The molecule has 0 aliphatic rings. The average Bonchev–Trinajstić information content (AvgIpc) is 2.43. The highest BCUT2D eigenvalue weighted by Crippen LogP contribution is 2.24. The number of hydrogen-bond donors (Lipinski definition) is 2. The fourth-order valence-electron chi connectivity index (χ4n) is 1.85. The van der Waals surface area contributed by atoms with Gasteiger partial charge < -0.3 is 10.6 Å². The topological polar surface area (TPSA) is 41.1 Å². The van der Waals surface area contributed by atoms with Crippen LogP contribution < -0.4 is 10.6 Å². The van der Waals surface area contributed by atoms with E-state index in [2.05, 4.69) is 10.6 Å². The summed E-state index contributed by atoms with van der Waals surface area (Å²) in [7, 11) is 1.72. The van der Waals surface area contributed by atoms with Crippen LogP contribution in [-0.4, -0.2) is 13.0 Å². The Morgan fingerprint density at radius 1 is 1.20 bits per heavy atom. The molecule has 2 N–H and O–H groups in total. The summed E-state index contributed by atoms with van der Waals surface area (Å²) in [4.78, 5) is 12.2. The minimum Gasteiger partial charge on any atom is -0.387 e. The van der Waals surface area contributed by atoms with Gasteiger partial charge in [-0.25, -0.2) is 4.39 Å². The lowest BCUT2D eigenvalue weighted by molar-refractivity contribution is 0.102. The number of amides is 1. The van der Waals surface area contributed by atoms with Gasteiger partial charge in [-0.2, -0.15) is 0 Å². The van der Waals surface area contributed by atoms with Gasteiger partial charge in [-0.15, -0.1) is 0 Å². The summed E-state index contributed by atoms with van der Waals surface area (Å²) in [6.07, 6.45) is 0. The minimum atomic E-state index is -0.638. The van der Waals surface area contributed by atoms with E-state index >= 15 is 0 Å². The second-order valence-electron chi connectivity index (χ2n) is 4.35. The summed E-state index contributed by atoms with van der Waals surface area (Å²) < 4.78 is 13.8. The molecular formula is C15H14ClFN2O. The predicted molar refractivity (Wildman–Crippen MR) is 80.1 cm³/mol. The maximum absolute atomic E-state index is 13.8. The van der Waals surface area contributed by atoms with Crippen molar-refractivity contribution in [1.82, 2.24) is 0 Å². The Hall–Kier alpha value is -2.07. The van der Waals surface area contributed by atoms with Gasteiger partial charge in [0, 0.05) is 12.7 Å². The van der Waals surface area contributed by atoms with Crippen LogP contribution in [0.4, 0.5) is 15.8 Å². The van der Waals surface area contributed by atoms with Gasteiger partial charge in [-0.3, -0.25) is 4.79 Å². The van der Waals surface area contributed by atoms with Crippen molar-refractivity contribution in [2.75, 3.05) is 17.7 Å². The molecule has 3 nitrogen and oxygen atoms in total. The molecule has 2 rings (SSSR count). The van der Waals surface area contributed by atoms with E-state index in [1.165, 1.54) is 12.1 Å². The third-order valence-electron chi connectivity index (χ3n) is 2.89. The largest absolute Gasteiger partial charge is 0.387 e. The molecule has 0 heterocycles. The molecule has 2 aromatic rings. The smallest absolute Gasteiger partial charge is 0.257 e. The van der Waals surface area contributed by atoms with E-state index in [9.17, 15) is 9.18 Å². The highest BCUT2D eigenvalue weighted by atomic mass is 35.5. The van der Waals surface area contributed by atoms with Crippen molar-refractivity contribution < 1.29 is 9.18 Å². The van der Waals surface area contributed by atoms with Gasteiger partial charge in [0.05, 0.1) is 16.3 Å². The quantitative estimate of drug-likeness (QED) is 0.895. The van der Waals surface area contributed by atoms with Crippen LogP contribution in [0.15, 0.2) is 36.4 Å². The van der Waals surface area contributed by atoms with Crippen LogP contribution in [0.25, 0.3) is 0 Å². The van der Waals surface area contributed by atoms with Crippen LogP contribution in [-0.2, 0) is 0 Å². The molecular weight excluding hydrogens is 279 g/mol. The molecule has 0 saturated carbocycles. The number of halogens is 2. The van der Waals surface area contributed by atoms with Crippen molar-refractivity contribution in [3.63, 3.8) is 0 Å². The standard InChI is InChI=1S/C15H14ClFN2O/c1-9-6-7-12(18-2)10(8-9)15(20)19-13-5-3-4-11(16)14(13)17/h3-8,18H,1-2H3,(H,19,20). The molecule has 0 aromatic heterocycles. The van der Waals surface area contributed by atoms with Crippen LogP contribution in [0.5, 0.6) is 0 Å². The van der Waals surface area contributed by atoms with Crippen molar-refractivity contribution in [2.24, 2.45) is 0 Å². The summed E-state index contributed by atoms with van der Waals surface area (Å²) >= 11 is 5.69. The summed E-state index contributed by atoms with van der Waals surface area (Å²) in [6, 6.07) is 9.91. The Kier molecular flexibility index (Phi) is 4.25. The lowest BCUT2D eigenvalue weighted by Crippen LogP contribution is -2.15. The first-order valence-electron chi connectivity index (χ1n) is 6.06. The SMILES string of the molecule is CNc1ccc(C)cc1C(=O)Nc1cccc(Cl)c1F. The fraction of sp³-hybridized carbons (Fsp3) is 0.133. The average molecular weight is 293 g/mol. The summed E-state index contributed by atoms with van der Waals surface area (Å²) in [6.45, 7) is 1.89. The van der Waals surface area contributed by atoms with Crippen molar-refractivity contribution in [3.8, 4) is 0 Å². The van der Waals surface area contributed by atoms with Gasteiger partial charge in [-0.1, -0.05) is 29.3 Å². The molecule has 0 aliphatic heterocycles. The first-order valence-corrected chi connectivity index (χ1v) is 6.44. The maximum atomic E-state index is 13.8. The second-order valence-corrected chi connectivity index (χ2v) is 4.76. The van der Waals surface area contributed by atoms with E-state index in [0.29, 0.717) is 11.3 Å². The molecule has 20 heavy (non-hydrogen) atoms. The lowest BCUT2D eigenvalue weighted by atomic mass is 10.1. The van der Waals surface area contributed by atoms with Gasteiger partial charge >= 0.3 is 0 Å². The van der Waals surface area contributed by atoms with E-state index in [-0.39, 0.29) is 16.6 Å². The summed E-state index contributed by atoms with van der Waals surface area (Å²) in [5, 5.41) is 5.44. The molecule has 0 aliphatic carbocycles. The molecule has 5 heteroatoms. The molecule has 0 spiro atoms. The Balaban J connectivity index is 2.33. The lowest BCUT2D eigenvalue weighted by Gasteiger charge is -2.11. The predicted octanol–water partition coefficient (Wildman–Crippen LogP) is 4.08. The van der Waals surface area contributed by atoms with Crippen LogP contribution in [0.2, 0.25) is 5.02 Å². The van der Waals surface area contributed by atoms with E-state index in [0.717, 1.165) is 5.56 Å².